The first-order chi connectivity index (χ1) is 19.5. The second-order valence-corrected chi connectivity index (χ2v) is 10.9. The van der Waals surface area contributed by atoms with Gasteiger partial charge in [0.05, 0.1) is 16.1 Å². The summed E-state index contributed by atoms with van der Waals surface area (Å²) in [6.07, 6.45) is -2.66. The highest BCUT2D eigenvalue weighted by Gasteiger charge is 2.30. The Kier molecular flexibility index (Phi) is 8.06. The number of thiazole rings is 1. The number of benzene rings is 3. The Morgan fingerprint density at radius 1 is 1.10 bits per heavy atom. The van der Waals surface area contributed by atoms with Crippen molar-refractivity contribution in [2.45, 2.75) is 38.6 Å². The fraction of sp³-hybridized carbons (Fsp3) is 0.200. The molecular formula is C30H23ClF4N2O3S. The summed E-state index contributed by atoms with van der Waals surface area (Å²) in [5.74, 6) is -0.829. The maximum Gasteiger partial charge on any atom is 0.416 e. The molecule has 212 valence electrons. The zero-order valence-corrected chi connectivity index (χ0v) is 23.2. The molecule has 1 N–H and O–H groups in total. The molecule has 0 aliphatic rings. The van der Waals surface area contributed by atoms with Gasteiger partial charge in [0, 0.05) is 33.2 Å². The first-order valence-electron chi connectivity index (χ1n) is 12.6. The number of hydrogen-bond donors (Lipinski definition) is 1. The molecule has 0 fully saturated rings. The molecule has 0 saturated carbocycles. The number of rotatable bonds is 9. The first kappa shape index (κ1) is 28.6. The van der Waals surface area contributed by atoms with E-state index in [1.54, 1.807) is 41.1 Å². The molecule has 0 unspecified atom stereocenters. The van der Waals surface area contributed by atoms with E-state index in [0.29, 0.717) is 39.0 Å². The van der Waals surface area contributed by atoms with Crippen LogP contribution in [0.25, 0.3) is 21.5 Å². The topological polar surface area (TPSA) is 64.3 Å². The van der Waals surface area contributed by atoms with Gasteiger partial charge < -0.3 is 14.4 Å². The van der Waals surface area contributed by atoms with Crippen LogP contribution in [0.5, 0.6) is 5.75 Å². The van der Waals surface area contributed by atoms with Gasteiger partial charge in [0.2, 0.25) is 0 Å². The van der Waals surface area contributed by atoms with Crippen molar-refractivity contribution in [2.75, 3.05) is 0 Å². The molecule has 0 aliphatic heterocycles. The minimum Gasteiger partial charge on any atom is -0.485 e. The highest BCUT2D eigenvalue weighted by molar-refractivity contribution is 7.15. The predicted molar refractivity (Wildman–Crippen MR) is 150 cm³/mol. The summed E-state index contributed by atoms with van der Waals surface area (Å²) < 4.78 is 61.6. The van der Waals surface area contributed by atoms with Gasteiger partial charge in [0.15, 0.2) is 0 Å². The number of halogens is 5. The lowest BCUT2D eigenvalue weighted by Gasteiger charge is -2.15. The summed E-state index contributed by atoms with van der Waals surface area (Å²) in [7, 11) is 0. The minimum absolute atomic E-state index is 0.164. The van der Waals surface area contributed by atoms with E-state index in [4.69, 9.17) is 26.4 Å². The van der Waals surface area contributed by atoms with Crippen LogP contribution in [0.15, 0.2) is 72.9 Å². The number of aliphatic carboxylic acids is 1. The molecule has 5 nitrogen and oxygen atoms in total. The van der Waals surface area contributed by atoms with E-state index in [-0.39, 0.29) is 13.0 Å². The molecule has 2 heterocycles. The molecule has 1 atom stereocenters. The van der Waals surface area contributed by atoms with Gasteiger partial charge in [0.25, 0.3) is 0 Å². The molecule has 0 bridgehead atoms. The lowest BCUT2D eigenvalue weighted by atomic mass is 10.1. The summed E-state index contributed by atoms with van der Waals surface area (Å²) in [5.41, 5.74) is 1.50. The molecular weight excluding hydrogens is 580 g/mol. The number of carboxylic acids is 1. The second kappa shape index (κ2) is 11.5. The second-order valence-electron chi connectivity index (χ2n) is 9.42. The lowest BCUT2D eigenvalue weighted by Crippen LogP contribution is -2.07. The summed E-state index contributed by atoms with van der Waals surface area (Å²) in [6, 6.07) is 16.4. The van der Waals surface area contributed by atoms with E-state index >= 15 is 0 Å². The van der Waals surface area contributed by atoms with Gasteiger partial charge >= 0.3 is 12.1 Å². The van der Waals surface area contributed by atoms with E-state index in [2.05, 4.69) is 0 Å². The smallest absolute Gasteiger partial charge is 0.416 e. The highest BCUT2D eigenvalue weighted by atomic mass is 35.5. The lowest BCUT2D eigenvalue weighted by molar-refractivity contribution is -0.138. The molecule has 5 rings (SSSR count). The fourth-order valence-electron chi connectivity index (χ4n) is 4.59. The van der Waals surface area contributed by atoms with Gasteiger partial charge in [-0.1, -0.05) is 29.8 Å². The van der Waals surface area contributed by atoms with Crippen LogP contribution in [0.4, 0.5) is 17.6 Å². The third kappa shape index (κ3) is 6.39. The molecule has 5 aromatic rings. The number of carboxylic acid groups (broad SMARTS) is 1. The van der Waals surface area contributed by atoms with Crippen molar-refractivity contribution in [1.82, 2.24) is 9.55 Å². The number of hydrogen-bond acceptors (Lipinski definition) is 4. The van der Waals surface area contributed by atoms with Gasteiger partial charge in [-0.05, 0) is 68.3 Å². The number of nitrogens with zero attached hydrogens (tertiary/aromatic N) is 2. The quantitative estimate of drug-likeness (QED) is 0.172. The van der Waals surface area contributed by atoms with Gasteiger partial charge in [-0.25, -0.2) is 9.37 Å². The monoisotopic (exact) mass is 602 g/mol. The number of fused-ring (bicyclic) bond motifs is 1. The van der Waals surface area contributed by atoms with Crippen molar-refractivity contribution < 1.29 is 32.2 Å². The van der Waals surface area contributed by atoms with Crippen molar-refractivity contribution in [3.05, 3.63) is 105 Å². The Morgan fingerprint density at radius 3 is 2.54 bits per heavy atom. The highest BCUT2D eigenvalue weighted by Crippen LogP contribution is 2.37. The van der Waals surface area contributed by atoms with Crippen LogP contribution in [0.2, 0.25) is 5.02 Å². The number of ether oxygens (including phenoxy) is 1. The first-order valence-corrected chi connectivity index (χ1v) is 13.8. The molecule has 0 spiro atoms. The van der Waals surface area contributed by atoms with Gasteiger partial charge in [-0.2, -0.15) is 13.2 Å². The Hall–Kier alpha value is -3.89. The van der Waals surface area contributed by atoms with Crippen LogP contribution in [-0.2, 0) is 30.4 Å². The Labute approximate surface area is 241 Å². The molecule has 0 aliphatic carbocycles. The van der Waals surface area contributed by atoms with Gasteiger partial charge in [-0.15, -0.1) is 11.3 Å². The average molecular weight is 603 g/mol. The fourth-order valence-corrected chi connectivity index (χ4v) is 5.95. The molecule has 0 saturated heterocycles. The number of aryl methyl sites for hydroxylation is 1. The van der Waals surface area contributed by atoms with Crippen molar-refractivity contribution in [1.29, 1.82) is 0 Å². The Morgan fingerprint density at radius 2 is 1.85 bits per heavy atom. The minimum atomic E-state index is -4.45. The summed E-state index contributed by atoms with van der Waals surface area (Å²) >= 11 is 7.52. The SMILES string of the molecule is C[C@H](Oc1ccc2c(ccn2CC(=O)O)c1)c1sc(-c2ccc(C(F)(F)F)cc2)nc1CCc1c(F)cccc1Cl. The Balaban J connectivity index is 1.45. The summed E-state index contributed by atoms with van der Waals surface area (Å²) in [6.45, 7) is 1.67. The van der Waals surface area contributed by atoms with Crippen LogP contribution in [0.3, 0.4) is 0 Å². The van der Waals surface area contributed by atoms with Crippen LogP contribution in [-0.4, -0.2) is 20.6 Å². The number of alkyl halides is 3. The Bertz CT molecular complexity index is 1690. The molecule has 0 amide bonds. The van der Waals surface area contributed by atoms with Crippen molar-refractivity contribution in [3.63, 3.8) is 0 Å². The molecule has 3 aromatic carbocycles. The molecule has 0 radical (unpaired) electrons. The van der Waals surface area contributed by atoms with Crippen LogP contribution < -0.4 is 4.74 Å². The standard InChI is InChI=1S/C30H23ClF4N2O3S/c1-17(40-21-9-12-26-19(15-21)13-14-37(26)16-27(38)39)28-25(11-10-22-23(31)3-2-4-24(22)32)36-29(41-28)18-5-7-20(8-6-18)30(33,34)35/h2-9,12-15,17H,10-11,16H2,1H3,(H,38,39)/t17-/m0/s1. The van der Waals surface area contributed by atoms with Gasteiger partial charge in [-0.3, -0.25) is 4.79 Å². The van der Waals surface area contributed by atoms with Crippen LogP contribution in [0.1, 0.15) is 34.7 Å². The molecule has 41 heavy (non-hydrogen) atoms. The molecule has 2 aromatic heterocycles. The molecule has 11 heteroatoms. The number of aromatic nitrogens is 2. The van der Waals surface area contributed by atoms with E-state index in [1.165, 1.54) is 35.6 Å². The van der Waals surface area contributed by atoms with Crippen molar-refractivity contribution >= 4 is 39.8 Å². The zero-order chi connectivity index (χ0) is 29.3. The average Bonchev–Trinajstić information content (AvgIpc) is 3.52. The van der Waals surface area contributed by atoms with Crippen molar-refractivity contribution in [2.24, 2.45) is 0 Å². The normalized spacial score (nSPS) is 12.5. The largest absolute Gasteiger partial charge is 0.485 e. The summed E-state index contributed by atoms with van der Waals surface area (Å²) in [5, 5.41) is 10.7. The predicted octanol–water partition coefficient (Wildman–Crippen LogP) is 8.59. The van der Waals surface area contributed by atoms with Crippen LogP contribution in [0, 0.1) is 5.82 Å². The maximum absolute atomic E-state index is 14.5. The number of carbonyl (C=O) groups is 1. The van der Waals surface area contributed by atoms with Crippen LogP contribution >= 0.6 is 22.9 Å². The zero-order valence-electron chi connectivity index (χ0n) is 21.6. The maximum atomic E-state index is 14.5. The van der Waals surface area contributed by atoms with Crippen molar-refractivity contribution in [3.8, 4) is 16.3 Å². The van der Waals surface area contributed by atoms with E-state index in [9.17, 15) is 22.4 Å². The third-order valence-corrected chi connectivity index (χ3v) is 8.25. The third-order valence-electron chi connectivity index (χ3n) is 6.59. The van der Waals surface area contributed by atoms with E-state index < -0.39 is 29.6 Å². The summed E-state index contributed by atoms with van der Waals surface area (Å²) in [4.78, 5) is 16.6. The van der Waals surface area contributed by atoms with E-state index in [1.807, 2.05) is 6.92 Å². The van der Waals surface area contributed by atoms with E-state index in [0.717, 1.165) is 27.9 Å². The van der Waals surface area contributed by atoms with Gasteiger partial charge in [0.1, 0.15) is 29.2 Å².